The van der Waals surface area contributed by atoms with Gasteiger partial charge in [0.25, 0.3) is 0 Å². The largest absolute Gasteiger partial charge is 0.461 e. The average Bonchev–Trinajstić information content (AvgIpc) is 2.92. The van der Waals surface area contributed by atoms with E-state index in [1.165, 1.54) is 0 Å². The third-order valence-electron chi connectivity index (χ3n) is 3.73. The molecule has 3 rings (SSSR count). The van der Waals surface area contributed by atoms with Gasteiger partial charge in [0.05, 0.1) is 18.8 Å². The van der Waals surface area contributed by atoms with Crippen LogP contribution in [0.2, 0.25) is 0 Å². The lowest BCUT2D eigenvalue weighted by Gasteiger charge is -2.14. The number of ether oxygens (including phenoxy) is 1. The number of pyridine rings is 1. The molecule has 0 atom stereocenters. The molecule has 0 fully saturated rings. The van der Waals surface area contributed by atoms with Gasteiger partial charge in [0.15, 0.2) is 0 Å². The summed E-state index contributed by atoms with van der Waals surface area (Å²) in [5, 5.41) is 7.38. The van der Waals surface area contributed by atoms with Crippen LogP contribution in [0.15, 0.2) is 23.6 Å². The Morgan fingerprint density at radius 3 is 3.09 bits per heavy atom. The van der Waals surface area contributed by atoms with Crippen molar-refractivity contribution in [1.82, 2.24) is 14.8 Å². The molecule has 1 aliphatic carbocycles. The number of carbonyl (C=O) groups is 1. The second-order valence-corrected chi connectivity index (χ2v) is 5.00. The van der Waals surface area contributed by atoms with Crippen LogP contribution in [-0.4, -0.2) is 33.9 Å². The van der Waals surface area contributed by atoms with Crippen molar-refractivity contribution < 1.29 is 9.53 Å². The van der Waals surface area contributed by atoms with Crippen LogP contribution in [0.5, 0.6) is 0 Å². The minimum Gasteiger partial charge on any atom is -0.461 e. The Hall–Kier alpha value is -2.57. The molecule has 0 spiro atoms. The lowest BCUT2D eigenvalue weighted by Crippen LogP contribution is -2.16. The number of carbonyl (C=O) groups excluding carboxylic acids is 1. The summed E-state index contributed by atoms with van der Waals surface area (Å²) in [6.45, 7) is 2.39. The summed E-state index contributed by atoms with van der Waals surface area (Å²) in [6.07, 6.45) is 5.05. The van der Waals surface area contributed by atoms with Crippen molar-refractivity contribution in [2.45, 2.75) is 26.3 Å². The maximum Gasteiger partial charge on any atom is 0.356 e. The Bertz CT molecular complexity index is 724. The highest BCUT2D eigenvalue weighted by atomic mass is 16.5. The van der Waals surface area contributed by atoms with Gasteiger partial charge in [-0.3, -0.25) is 9.67 Å². The van der Waals surface area contributed by atoms with Gasteiger partial charge in [-0.15, -0.1) is 0 Å². The van der Waals surface area contributed by atoms with E-state index in [9.17, 15) is 9.70 Å². The van der Waals surface area contributed by atoms with Gasteiger partial charge in [0.2, 0.25) is 0 Å². The zero-order chi connectivity index (χ0) is 15.5. The Morgan fingerprint density at radius 1 is 1.45 bits per heavy atom. The predicted molar refractivity (Wildman–Crippen MR) is 79.5 cm³/mol. The fourth-order valence-corrected chi connectivity index (χ4v) is 2.79. The molecule has 2 aromatic heterocycles. The summed E-state index contributed by atoms with van der Waals surface area (Å²) >= 11 is 0. The van der Waals surface area contributed by atoms with Gasteiger partial charge in [-0.1, -0.05) is 5.18 Å². The van der Waals surface area contributed by atoms with Crippen LogP contribution in [0.1, 0.15) is 28.5 Å². The van der Waals surface area contributed by atoms with Gasteiger partial charge in [-0.25, -0.2) is 4.79 Å². The number of fused-ring (bicyclic) bond motifs is 3. The van der Waals surface area contributed by atoms with Gasteiger partial charge < -0.3 is 4.74 Å². The third-order valence-corrected chi connectivity index (χ3v) is 3.73. The van der Waals surface area contributed by atoms with Crippen LogP contribution in [0, 0.1) is 4.91 Å². The average molecular weight is 300 g/mol. The van der Waals surface area contributed by atoms with Crippen molar-refractivity contribution in [2.75, 3.05) is 13.2 Å². The van der Waals surface area contributed by atoms with E-state index in [1.54, 1.807) is 17.8 Å². The Labute approximate surface area is 127 Å². The second-order valence-electron chi connectivity index (χ2n) is 5.00. The number of nitroso groups, excluding NO2 is 1. The first-order chi connectivity index (χ1) is 10.8. The van der Waals surface area contributed by atoms with Crippen molar-refractivity contribution in [2.24, 2.45) is 5.18 Å². The number of hydrogen-bond donors (Lipinski definition) is 0. The normalized spacial score (nSPS) is 12.4. The van der Waals surface area contributed by atoms with Crippen molar-refractivity contribution in [3.8, 4) is 11.3 Å². The van der Waals surface area contributed by atoms with E-state index in [2.05, 4.69) is 15.3 Å². The molecule has 22 heavy (non-hydrogen) atoms. The summed E-state index contributed by atoms with van der Waals surface area (Å²) in [5.41, 5.74) is 4.19. The van der Waals surface area contributed by atoms with Crippen LogP contribution < -0.4 is 0 Å². The van der Waals surface area contributed by atoms with Crippen molar-refractivity contribution >= 4 is 5.97 Å². The fourth-order valence-electron chi connectivity index (χ4n) is 2.79. The molecule has 0 amide bonds. The third kappa shape index (κ3) is 2.38. The van der Waals surface area contributed by atoms with Gasteiger partial charge in [-0.2, -0.15) is 10.0 Å². The molecule has 0 bridgehead atoms. The first-order valence-corrected chi connectivity index (χ1v) is 7.25. The van der Waals surface area contributed by atoms with Crippen molar-refractivity contribution in [1.29, 1.82) is 0 Å². The maximum absolute atomic E-state index is 12.3. The van der Waals surface area contributed by atoms with Crippen LogP contribution in [0.25, 0.3) is 11.3 Å². The Balaban J connectivity index is 2.11. The molecule has 0 aliphatic heterocycles. The SMILES string of the molecule is CCOC(=O)c1c2c(nn1CCN=O)-c1ccncc1CC2. The van der Waals surface area contributed by atoms with Gasteiger partial charge >= 0.3 is 5.97 Å². The van der Waals surface area contributed by atoms with Gasteiger partial charge in [0.1, 0.15) is 12.2 Å². The number of hydrogen-bond acceptors (Lipinski definition) is 6. The van der Waals surface area contributed by atoms with Crippen LogP contribution >= 0.6 is 0 Å². The van der Waals surface area contributed by atoms with Crippen LogP contribution in [0.3, 0.4) is 0 Å². The Morgan fingerprint density at radius 2 is 2.32 bits per heavy atom. The van der Waals surface area contributed by atoms with Crippen LogP contribution in [0.4, 0.5) is 0 Å². The second kappa shape index (κ2) is 6.05. The number of aromatic nitrogens is 3. The molecular weight excluding hydrogens is 284 g/mol. The van der Waals surface area contributed by atoms with E-state index in [1.807, 2.05) is 12.3 Å². The van der Waals surface area contributed by atoms with Gasteiger partial charge in [0, 0.05) is 23.5 Å². The number of aryl methyl sites for hydroxylation is 1. The molecule has 0 saturated carbocycles. The smallest absolute Gasteiger partial charge is 0.356 e. The minimum absolute atomic E-state index is 0.0656. The summed E-state index contributed by atoms with van der Waals surface area (Å²) in [5.74, 6) is -0.403. The molecule has 114 valence electrons. The highest BCUT2D eigenvalue weighted by Crippen LogP contribution is 2.34. The minimum atomic E-state index is -0.403. The lowest BCUT2D eigenvalue weighted by atomic mass is 9.90. The molecule has 0 aromatic carbocycles. The summed E-state index contributed by atoms with van der Waals surface area (Å²) in [6, 6.07) is 1.90. The molecule has 0 unspecified atom stereocenters. The zero-order valence-electron chi connectivity index (χ0n) is 12.3. The van der Waals surface area contributed by atoms with E-state index in [4.69, 9.17) is 4.74 Å². The maximum atomic E-state index is 12.3. The first kappa shape index (κ1) is 14.4. The molecule has 7 nitrogen and oxygen atoms in total. The first-order valence-electron chi connectivity index (χ1n) is 7.25. The zero-order valence-corrected chi connectivity index (χ0v) is 12.3. The fraction of sp³-hybridized carbons (Fsp3) is 0.400. The van der Waals surface area contributed by atoms with Crippen LogP contribution in [-0.2, 0) is 24.1 Å². The van der Waals surface area contributed by atoms with E-state index in [0.717, 1.165) is 28.8 Å². The highest BCUT2D eigenvalue weighted by Gasteiger charge is 2.28. The summed E-state index contributed by atoms with van der Waals surface area (Å²) in [4.78, 5) is 26.8. The molecule has 7 heteroatoms. The van der Waals surface area contributed by atoms with E-state index in [-0.39, 0.29) is 13.1 Å². The molecule has 2 aromatic rings. The highest BCUT2D eigenvalue weighted by molar-refractivity contribution is 5.92. The van der Waals surface area contributed by atoms with E-state index in [0.29, 0.717) is 18.7 Å². The molecule has 2 heterocycles. The number of rotatable bonds is 5. The molecule has 0 N–H and O–H groups in total. The van der Waals surface area contributed by atoms with Crippen molar-refractivity contribution in [3.05, 3.63) is 40.2 Å². The number of nitrogens with zero attached hydrogens (tertiary/aromatic N) is 4. The van der Waals surface area contributed by atoms with E-state index >= 15 is 0 Å². The van der Waals surface area contributed by atoms with E-state index < -0.39 is 5.97 Å². The standard InChI is InChI=1S/C15H16N4O3/c1-2-22-15(20)14-12-4-3-10-9-16-6-5-11(10)13(12)18-19(14)8-7-17-21/h5-6,9H,2-4,7-8H2,1H3. The monoisotopic (exact) mass is 300 g/mol. The van der Waals surface area contributed by atoms with Crippen molar-refractivity contribution in [3.63, 3.8) is 0 Å². The molecular formula is C15H16N4O3. The summed E-state index contributed by atoms with van der Waals surface area (Å²) in [7, 11) is 0. The lowest BCUT2D eigenvalue weighted by molar-refractivity contribution is 0.0510. The molecule has 0 radical (unpaired) electrons. The molecule has 1 aliphatic rings. The number of esters is 1. The summed E-state index contributed by atoms with van der Waals surface area (Å²) < 4.78 is 6.68. The molecule has 0 saturated heterocycles. The topological polar surface area (TPSA) is 86.4 Å². The van der Waals surface area contributed by atoms with Gasteiger partial charge in [-0.05, 0) is 31.4 Å². The quantitative estimate of drug-likeness (QED) is 0.622. The Kier molecular flexibility index (Phi) is 3.95. The predicted octanol–water partition coefficient (Wildman–Crippen LogP) is 1.99.